The van der Waals surface area contributed by atoms with Crippen LogP contribution in [0, 0.1) is 0 Å². The van der Waals surface area contributed by atoms with Crippen LogP contribution >= 0.6 is 11.6 Å². The van der Waals surface area contributed by atoms with Gasteiger partial charge in [-0.25, -0.2) is 0 Å². The van der Waals surface area contributed by atoms with Crippen molar-refractivity contribution in [1.82, 2.24) is 4.57 Å². The number of fused-ring (bicyclic) bond motifs is 5. The molecule has 136 valence electrons. The first-order valence-electron chi connectivity index (χ1n) is 8.71. The van der Waals surface area contributed by atoms with Crippen molar-refractivity contribution >= 4 is 39.8 Å². The summed E-state index contributed by atoms with van der Waals surface area (Å²) in [5.74, 6) is 0.111. The number of aromatic nitrogens is 1. The van der Waals surface area contributed by atoms with Gasteiger partial charge in [-0.1, -0.05) is 30.3 Å². The molecule has 0 saturated carbocycles. The van der Waals surface area contributed by atoms with E-state index in [1.54, 1.807) is 28.8 Å². The fourth-order valence-electron chi connectivity index (χ4n) is 3.69. The van der Waals surface area contributed by atoms with Gasteiger partial charge in [0.1, 0.15) is 0 Å². The molecule has 0 atom stereocenters. The van der Waals surface area contributed by atoms with Gasteiger partial charge >= 0.3 is 0 Å². The van der Waals surface area contributed by atoms with Crippen LogP contribution in [0.15, 0.2) is 47.3 Å². The second kappa shape index (κ2) is 6.67. The molecule has 0 fully saturated rings. The van der Waals surface area contributed by atoms with Gasteiger partial charge in [-0.05, 0) is 18.6 Å². The number of benzene rings is 2. The van der Waals surface area contributed by atoms with Crippen molar-refractivity contribution in [2.75, 3.05) is 11.2 Å². The lowest BCUT2D eigenvalue weighted by atomic mass is 10.0. The maximum Gasteiger partial charge on any atom is 0.259 e. The summed E-state index contributed by atoms with van der Waals surface area (Å²) in [5.41, 5.74) is 2.91. The summed E-state index contributed by atoms with van der Waals surface area (Å²) in [7, 11) is 0. The Bertz CT molecular complexity index is 1160. The van der Waals surface area contributed by atoms with Gasteiger partial charge in [-0.15, -0.1) is 11.6 Å². The van der Waals surface area contributed by atoms with Crippen LogP contribution in [0.2, 0.25) is 0 Å². The standard InChI is InChI=1S/C21H17ClN2O3/c1-12(25)23-13-7-8-14-17(11-13)21(27)24(10-4-9-22)19-15-5-2-3-6-16(15)20(26)18(14)19/h2-3,5-8,11H,4,9-10H2,1H3,(H,23,25). The van der Waals surface area contributed by atoms with Gasteiger partial charge < -0.3 is 9.88 Å². The first-order chi connectivity index (χ1) is 13.0. The molecule has 2 aromatic carbocycles. The minimum Gasteiger partial charge on any atom is -0.326 e. The Morgan fingerprint density at radius 2 is 1.81 bits per heavy atom. The highest BCUT2D eigenvalue weighted by atomic mass is 35.5. The fourth-order valence-corrected chi connectivity index (χ4v) is 3.81. The number of nitrogens with zero attached hydrogens (tertiary/aromatic N) is 1. The number of hydrogen-bond donors (Lipinski definition) is 1. The predicted molar refractivity (Wildman–Crippen MR) is 107 cm³/mol. The number of nitrogens with one attached hydrogen (secondary N) is 1. The number of amides is 1. The number of halogens is 1. The van der Waals surface area contributed by atoms with Gasteiger partial charge in [-0.3, -0.25) is 14.4 Å². The van der Waals surface area contributed by atoms with Crippen molar-refractivity contribution in [1.29, 1.82) is 0 Å². The van der Waals surface area contributed by atoms with Crippen LogP contribution in [0.1, 0.15) is 29.3 Å². The zero-order chi connectivity index (χ0) is 19.1. The van der Waals surface area contributed by atoms with Crippen LogP contribution in [-0.2, 0) is 11.3 Å². The normalized spacial score (nSPS) is 12.1. The second-order valence-corrected chi connectivity index (χ2v) is 6.92. The lowest BCUT2D eigenvalue weighted by Crippen LogP contribution is -2.24. The van der Waals surface area contributed by atoms with E-state index < -0.39 is 0 Å². The first-order valence-corrected chi connectivity index (χ1v) is 9.24. The summed E-state index contributed by atoms with van der Waals surface area (Å²) in [4.78, 5) is 37.7. The number of pyridine rings is 1. The molecule has 3 aromatic rings. The van der Waals surface area contributed by atoms with Gasteiger partial charge in [0.15, 0.2) is 5.78 Å². The molecule has 0 bridgehead atoms. The molecule has 1 heterocycles. The minimum atomic E-state index is -0.221. The summed E-state index contributed by atoms with van der Waals surface area (Å²) in [5, 5.41) is 3.71. The van der Waals surface area contributed by atoms with E-state index in [0.29, 0.717) is 52.1 Å². The summed E-state index contributed by atoms with van der Waals surface area (Å²) >= 11 is 5.85. The molecule has 1 amide bonds. The van der Waals surface area contributed by atoms with E-state index in [1.165, 1.54) is 6.92 Å². The maximum absolute atomic E-state index is 13.2. The molecule has 6 heteroatoms. The summed E-state index contributed by atoms with van der Waals surface area (Å²) in [6.07, 6.45) is 0.612. The fraction of sp³-hybridized carbons (Fsp3) is 0.190. The molecule has 27 heavy (non-hydrogen) atoms. The lowest BCUT2D eigenvalue weighted by Gasteiger charge is -2.15. The monoisotopic (exact) mass is 380 g/mol. The van der Waals surface area contributed by atoms with Gasteiger partial charge in [0.2, 0.25) is 5.91 Å². The van der Waals surface area contributed by atoms with E-state index in [9.17, 15) is 14.4 Å². The van der Waals surface area contributed by atoms with Crippen molar-refractivity contribution in [3.8, 4) is 11.3 Å². The number of rotatable bonds is 4. The van der Waals surface area contributed by atoms with E-state index in [2.05, 4.69) is 5.32 Å². The zero-order valence-electron chi connectivity index (χ0n) is 14.7. The Balaban J connectivity index is 2.07. The molecule has 1 aliphatic carbocycles. The lowest BCUT2D eigenvalue weighted by molar-refractivity contribution is -0.114. The molecule has 4 rings (SSSR count). The molecule has 5 nitrogen and oxygen atoms in total. The molecule has 0 radical (unpaired) electrons. The van der Waals surface area contributed by atoms with Crippen LogP contribution in [-0.4, -0.2) is 22.1 Å². The van der Waals surface area contributed by atoms with Gasteiger partial charge in [0.05, 0.1) is 16.6 Å². The zero-order valence-corrected chi connectivity index (χ0v) is 15.5. The topological polar surface area (TPSA) is 68.2 Å². The van der Waals surface area contributed by atoms with Crippen LogP contribution in [0.25, 0.3) is 22.0 Å². The molecule has 1 N–H and O–H groups in total. The molecule has 0 saturated heterocycles. The minimum absolute atomic E-state index is 0.0856. The van der Waals surface area contributed by atoms with Crippen molar-refractivity contribution in [3.63, 3.8) is 0 Å². The second-order valence-electron chi connectivity index (χ2n) is 6.54. The third kappa shape index (κ3) is 2.75. The molecule has 0 aliphatic heterocycles. The highest BCUT2D eigenvalue weighted by Gasteiger charge is 2.32. The third-order valence-electron chi connectivity index (χ3n) is 4.76. The maximum atomic E-state index is 13.2. The van der Waals surface area contributed by atoms with Crippen LogP contribution in [0.5, 0.6) is 0 Å². The Hall–Kier alpha value is -2.92. The van der Waals surface area contributed by atoms with E-state index in [-0.39, 0.29) is 17.2 Å². The Kier molecular flexibility index (Phi) is 4.32. The van der Waals surface area contributed by atoms with Crippen LogP contribution in [0.3, 0.4) is 0 Å². The average molecular weight is 381 g/mol. The van der Waals surface area contributed by atoms with Gasteiger partial charge in [0.25, 0.3) is 5.56 Å². The quantitative estimate of drug-likeness (QED) is 0.547. The van der Waals surface area contributed by atoms with E-state index in [1.807, 2.05) is 18.2 Å². The van der Waals surface area contributed by atoms with Crippen LogP contribution in [0.4, 0.5) is 5.69 Å². The molecular formula is C21H17ClN2O3. The molecule has 1 aliphatic rings. The average Bonchev–Trinajstić information content (AvgIpc) is 2.95. The van der Waals surface area contributed by atoms with Gasteiger partial charge in [-0.2, -0.15) is 0 Å². The number of hydrogen-bond acceptors (Lipinski definition) is 3. The van der Waals surface area contributed by atoms with E-state index >= 15 is 0 Å². The van der Waals surface area contributed by atoms with Crippen molar-refractivity contribution in [2.45, 2.75) is 19.9 Å². The number of alkyl halides is 1. The Morgan fingerprint density at radius 1 is 1.07 bits per heavy atom. The SMILES string of the molecule is CC(=O)Nc1ccc2c3c(n(CCCCl)c(=O)c2c1)-c1ccccc1C3=O. The molecule has 1 aromatic heterocycles. The van der Waals surface area contributed by atoms with E-state index in [0.717, 1.165) is 5.56 Å². The summed E-state index contributed by atoms with van der Waals surface area (Å²) in [6.45, 7) is 1.83. The summed E-state index contributed by atoms with van der Waals surface area (Å²) in [6, 6.07) is 12.4. The number of ketones is 1. The third-order valence-corrected chi connectivity index (χ3v) is 5.03. The van der Waals surface area contributed by atoms with Crippen LogP contribution < -0.4 is 10.9 Å². The summed E-state index contributed by atoms with van der Waals surface area (Å²) < 4.78 is 1.64. The van der Waals surface area contributed by atoms with Crippen molar-refractivity contribution in [3.05, 3.63) is 63.9 Å². The highest BCUT2D eigenvalue weighted by molar-refractivity contribution is 6.26. The smallest absolute Gasteiger partial charge is 0.259 e. The highest BCUT2D eigenvalue weighted by Crippen LogP contribution is 2.39. The van der Waals surface area contributed by atoms with Crippen molar-refractivity contribution < 1.29 is 9.59 Å². The van der Waals surface area contributed by atoms with E-state index in [4.69, 9.17) is 11.6 Å². The predicted octanol–water partition coefficient (Wildman–Crippen LogP) is 3.80. The Morgan fingerprint density at radius 3 is 2.52 bits per heavy atom. The number of anilines is 1. The molecule has 0 unspecified atom stereocenters. The molecule has 0 spiro atoms. The first kappa shape index (κ1) is 17.5. The largest absolute Gasteiger partial charge is 0.326 e. The Labute approximate surface area is 160 Å². The number of carbonyl (C=O) groups is 2. The van der Waals surface area contributed by atoms with Crippen molar-refractivity contribution in [2.24, 2.45) is 0 Å². The molecular weight excluding hydrogens is 364 g/mol. The van der Waals surface area contributed by atoms with Gasteiger partial charge in [0, 0.05) is 41.5 Å². The number of carbonyl (C=O) groups excluding carboxylic acids is 2.